The van der Waals surface area contributed by atoms with Crippen LogP contribution in [0.4, 0.5) is 0 Å². The third-order valence-corrected chi connectivity index (χ3v) is 6.93. The van der Waals surface area contributed by atoms with Gasteiger partial charge in [0.05, 0.1) is 16.5 Å². The molecule has 1 N–H and O–H groups in total. The van der Waals surface area contributed by atoms with Crippen molar-refractivity contribution < 1.29 is 13.2 Å². The molecule has 1 unspecified atom stereocenters. The number of hydrogen-bond acceptors (Lipinski definition) is 4. The SMILES string of the molecule is CC(C)(CNCC1CCC2(CCCC2)O1)S(C)(=O)=O. The molecule has 2 fully saturated rings. The fraction of sp³-hybridized carbons (Fsp3) is 1.00. The van der Waals surface area contributed by atoms with Gasteiger partial charge in [0.2, 0.25) is 0 Å². The largest absolute Gasteiger partial charge is 0.370 e. The summed E-state index contributed by atoms with van der Waals surface area (Å²) in [6.07, 6.45) is 8.84. The second-order valence-electron chi connectivity index (χ2n) is 6.83. The maximum absolute atomic E-state index is 11.6. The zero-order valence-electron chi connectivity index (χ0n) is 12.4. The predicted molar refractivity (Wildman–Crippen MR) is 77.1 cm³/mol. The Kier molecular flexibility index (Phi) is 4.29. The summed E-state index contributed by atoms with van der Waals surface area (Å²) in [5, 5.41) is 3.28. The van der Waals surface area contributed by atoms with Crippen LogP contribution in [0.1, 0.15) is 52.4 Å². The Hall–Kier alpha value is -0.130. The Balaban J connectivity index is 1.76. The van der Waals surface area contributed by atoms with Crippen LogP contribution in [0.5, 0.6) is 0 Å². The molecule has 1 heterocycles. The second kappa shape index (κ2) is 5.34. The van der Waals surface area contributed by atoms with E-state index in [1.807, 2.05) is 0 Å². The van der Waals surface area contributed by atoms with Crippen molar-refractivity contribution in [1.29, 1.82) is 0 Å². The Labute approximate surface area is 117 Å². The Bertz CT molecular complexity index is 410. The first kappa shape index (κ1) is 15.3. The molecular formula is C14H27NO3S. The molecule has 0 aromatic carbocycles. The molecule has 1 atom stereocenters. The van der Waals surface area contributed by atoms with Gasteiger partial charge in [0.15, 0.2) is 9.84 Å². The standard InChI is InChI=1S/C14H27NO3S/c1-13(2,19(3,16)17)11-15-10-12-6-9-14(18-12)7-4-5-8-14/h12,15H,4-11H2,1-3H3. The first-order valence-corrected chi connectivity index (χ1v) is 9.21. The van der Waals surface area contributed by atoms with E-state index in [1.54, 1.807) is 13.8 Å². The van der Waals surface area contributed by atoms with E-state index in [9.17, 15) is 8.42 Å². The molecule has 0 bridgehead atoms. The van der Waals surface area contributed by atoms with Crippen LogP contribution in [0.15, 0.2) is 0 Å². The first-order chi connectivity index (χ1) is 8.74. The lowest BCUT2D eigenvalue weighted by Gasteiger charge is -2.26. The summed E-state index contributed by atoms with van der Waals surface area (Å²) >= 11 is 0. The molecule has 1 aliphatic carbocycles. The zero-order valence-corrected chi connectivity index (χ0v) is 13.2. The van der Waals surface area contributed by atoms with Gasteiger partial charge < -0.3 is 10.1 Å². The first-order valence-electron chi connectivity index (χ1n) is 7.32. The van der Waals surface area contributed by atoms with E-state index in [4.69, 9.17) is 4.74 Å². The molecule has 1 saturated heterocycles. The normalized spacial score (nSPS) is 27.2. The fourth-order valence-corrected chi connectivity index (χ4v) is 3.46. The molecule has 2 rings (SSSR count). The predicted octanol–water partition coefficient (Wildman–Crippen LogP) is 1.89. The Morgan fingerprint density at radius 1 is 1.26 bits per heavy atom. The van der Waals surface area contributed by atoms with Crippen molar-refractivity contribution in [2.75, 3.05) is 19.3 Å². The lowest BCUT2D eigenvalue weighted by Crippen LogP contribution is -2.44. The van der Waals surface area contributed by atoms with Gasteiger partial charge in [-0.2, -0.15) is 0 Å². The number of ether oxygens (including phenoxy) is 1. The van der Waals surface area contributed by atoms with Crippen molar-refractivity contribution in [3.8, 4) is 0 Å². The molecule has 1 spiro atoms. The summed E-state index contributed by atoms with van der Waals surface area (Å²) in [5.74, 6) is 0. The molecule has 19 heavy (non-hydrogen) atoms. The molecule has 4 nitrogen and oxygen atoms in total. The second-order valence-corrected chi connectivity index (χ2v) is 9.48. The quantitative estimate of drug-likeness (QED) is 0.840. The van der Waals surface area contributed by atoms with Crippen LogP contribution >= 0.6 is 0 Å². The number of sulfone groups is 1. The van der Waals surface area contributed by atoms with E-state index < -0.39 is 14.6 Å². The van der Waals surface area contributed by atoms with Crippen molar-refractivity contribution in [2.24, 2.45) is 0 Å². The number of rotatable bonds is 5. The summed E-state index contributed by atoms with van der Waals surface area (Å²) in [6.45, 7) is 4.78. The molecule has 0 aromatic rings. The van der Waals surface area contributed by atoms with Gasteiger partial charge in [-0.25, -0.2) is 8.42 Å². The van der Waals surface area contributed by atoms with Gasteiger partial charge in [-0.05, 0) is 39.5 Å². The van der Waals surface area contributed by atoms with Gasteiger partial charge in [0, 0.05) is 19.3 Å². The van der Waals surface area contributed by atoms with Gasteiger partial charge in [-0.15, -0.1) is 0 Å². The third kappa shape index (κ3) is 3.50. The molecule has 0 aromatic heterocycles. The maximum Gasteiger partial charge on any atom is 0.153 e. The van der Waals surface area contributed by atoms with Crippen molar-refractivity contribution in [3.05, 3.63) is 0 Å². The van der Waals surface area contributed by atoms with Crippen LogP contribution in [0, 0.1) is 0 Å². The minimum Gasteiger partial charge on any atom is -0.370 e. The van der Waals surface area contributed by atoms with Crippen molar-refractivity contribution in [3.63, 3.8) is 0 Å². The van der Waals surface area contributed by atoms with Crippen molar-refractivity contribution in [1.82, 2.24) is 5.32 Å². The molecule has 0 amide bonds. The van der Waals surface area contributed by atoms with Crippen LogP contribution in [0.25, 0.3) is 0 Å². The molecule has 112 valence electrons. The Morgan fingerprint density at radius 3 is 2.47 bits per heavy atom. The van der Waals surface area contributed by atoms with Crippen LogP contribution in [0.3, 0.4) is 0 Å². The van der Waals surface area contributed by atoms with Crippen LogP contribution in [-0.4, -0.2) is 44.2 Å². The average molecular weight is 289 g/mol. The molecule has 5 heteroatoms. The minimum atomic E-state index is -3.02. The summed E-state index contributed by atoms with van der Waals surface area (Å²) in [4.78, 5) is 0. The minimum absolute atomic E-state index is 0.165. The van der Waals surface area contributed by atoms with Crippen molar-refractivity contribution >= 4 is 9.84 Å². The summed E-state index contributed by atoms with van der Waals surface area (Å²) in [6, 6.07) is 0. The highest BCUT2D eigenvalue weighted by atomic mass is 32.2. The average Bonchev–Trinajstić information content (AvgIpc) is 2.88. The van der Waals surface area contributed by atoms with Gasteiger partial charge in [0.25, 0.3) is 0 Å². The lowest BCUT2D eigenvalue weighted by atomic mass is 9.98. The van der Waals surface area contributed by atoms with Crippen LogP contribution in [-0.2, 0) is 14.6 Å². The van der Waals surface area contributed by atoms with E-state index in [0.29, 0.717) is 6.54 Å². The highest BCUT2D eigenvalue weighted by Gasteiger charge is 2.42. The molecule has 0 radical (unpaired) electrons. The summed E-state index contributed by atoms with van der Waals surface area (Å²) < 4.78 is 28.7. The lowest BCUT2D eigenvalue weighted by molar-refractivity contribution is -0.0351. The van der Waals surface area contributed by atoms with Gasteiger partial charge in [0.1, 0.15) is 0 Å². The van der Waals surface area contributed by atoms with E-state index >= 15 is 0 Å². The van der Waals surface area contributed by atoms with E-state index in [-0.39, 0.29) is 11.7 Å². The van der Waals surface area contributed by atoms with E-state index in [1.165, 1.54) is 38.4 Å². The van der Waals surface area contributed by atoms with Crippen molar-refractivity contribution in [2.45, 2.75) is 68.8 Å². The molecular weight excluding hydrogens is 262 g/mol. The summed E-state index contributed by atoms with van der Waals surface area (Å²) in [5.41, 5.74) is 0.165. The van der Waals surface area contributed by atoms with Crippen LogP contribution in [0.2, 0.25) is 0 Å². The number of hydrogen-bond donors (Lipinski definition) is 1. The van der Waals surface area contributed by atoms with Gasteiger partial charge >= 0.3 is 0 Å². The number of nitrogens with one attached hydrogen (secondary N) is 1. The molecule has 2 aliphatic rings. The summed E-state index contributed by atoms with van der Waals surface area (Å²) in [7, 11) is -3.02. The topological polar surface area (TPSA) is 55.4 Å². The molecule has 1 saturated carbocycles. The monoisotopic (exact) mass is 289 g/mol. The van der Waals surface area contributed by atoms with Gasteiger partial charge in [-0.1, -0.05) is 12.8 Å². The van der Waals surface area contributed by atoms with Crippen LogP contribution < -0.4 is 5.32 Å². The smallest absolute Gasteiger partial charge is 0.153 e. The molecule has 1 aliphatic heterocycles. The fourth-order valence-electron chi connectivity index (χ4n) is 3.09. The highest BCUT2D eigenvalue weighted by molar-refractivity contribution is 7.92. The third-order valence-electron chi connectivity index (χ3n) is 4.78. The van der Waals surface area contributed by atoms with E-state index in [2.05, 4.69) is 5.32 Å². The van der Waals surface area contributed by atoms with E-state index in [0.717, 1.165) is 13.0 Å². The zero-order chi connectivity index (χ0) is 14.1. The van der Waals surface area contributed by atoms with Gasteiger partial charge in [-0.3, -0.25) is 0 Å². The maximum atomic E-state index is 11.6. The Morgan fingerprint density at radius 2 is 1.89 bits per heavy atom. The highest BCUT2D eigenvalue weighted by Crippen LogP contribution is 2.43.